The number of hydrogen-bond donors (Lipinski definition) is 1. The van der Waals surface area contributed by atoms with Crippen LogP contribution in [0.3, 0.4) is 0 Å². The molecule has 2 rings (SSSR count). The summed E-state index contributed by atoms with van der Waals surface area (Å²) >= 11 is 2.25. The lowest BCUT2D eigenvalue weighted by Crippen LogP contribution is -2.42. The van der Waals surface area contributed by atoms with E-state index >= 15 is 0 Å². The minimum atomic E-state index is 0.0284. The van der Waals surface area contributed by atoms with Crippen molar-refractivity contribution in [3.8, 4) is 0 Å². The van der Waals surface area contributed by atoms with E-state index in [9.17, 15) is 4.79 Å². The molecule has 1 heterocycles. The standard InChI is InChI=1S/C15H22IN3O2/c1-18(6-7-19-8-10-21-11-9-19)12-15(20)17-14-4-2-13(16)3-5-14/h2-5H,6-12H2,1H3,(H,17,20). The minimum absolute atomic E-state index is 0.0284. The molecule has 0 radical (unpaired) electrons. The third kappa shape index (κ3) is 6.29. The first-order valence-corrected chi connectivity index (χ1v) is 8.25. The Balaban J connectivity index is 1.67. The average molecular weight is 403 g/mol. The summed E-state index contributed by atoms with van der Waals surface area (Å²) in [6.45, 7) is 5.90. The number of rotatable bonds is 6. The zero-order valence-electron chi connectivity index (χ0n) is 12.3. The van der Waals surface area contributed by atoms with Crippen molar-refractivity contribution in [3.05, 3.63) is 27.8 Å². The predicted octanol–water partition coefficient (Wildman–Crippen LogP) is 1.49. The quantitative estimate of drug-likeness (QED) is 0.732. The van der Waals surface area contributed by atoms with Crippen LogP contribution < -0.4 is 5.32 Å². The molecular formula is C15H22IN3O2. The monoisotopic (exact) mass is 403 g/mol. The third-order valence-electron chi connectivity index (χ3n) is 3.44. The fraction of sp³-hybridized carbons (Fsp3) is 0.533. The lowest BCUT2D eigenvalue weighted by molar-refractivity contribution is -0.117. The van der Waals surface area contributed by atoms with Crippen molar-refractivity contribution in [3.63, 3.8) is 0 Å². The van der Waals surface area contributed by atoms with E-state index in [1.807, 2.05) is 31.3 Å². The zero-order valence-corrected chi connectivity index (χ0v) is 14.5. The number of amides is 1. The second-order valence-corrected chi connectivity index (χ2v) is 6.49. The maximum atomic E-state index is 12.0. The lowest BCUT2D eigenvalue weighted by Gasteiger charge is -2.28. The molecule has 1 aliphatic heterocycles. The number of likely N-dealkylation sites (N-methyl/N-ethyl adjacent to an activating group) is 1. The van der Waals surface area contributed by atoms with Gasteiger partial charge in [0.05, 0.1) is 19.8 Å². The molecule has 6 heteroatoms. The van der Waals surface area contributed by atoms with Crippen LogP contribution in [0.5, 0.6) is 0 Å². The Morgan fingerprint density at radius 2 is 2.00 bits per heavy atom. The first-order chi connectivity index (χ1) is 10.1. The van der Waals surface area contributed by atoms with E-state index in [0.717, 1.165) is 48.7 Å². The van der Waals surface area contributed by atoms with Crippen molar-refractivity contribution < 1.29 is 9.53 Å². The molecule has 0 bridgehead atoms. The van der Waals surface area contributed by atoms with E-state index in [0.29, 0.717) is 6.54 Å². The zero-order chi connectivity index (χ0) is 15.1. The van der Waals surface area contributed by atoms with Crippen LogP contribution in [0, 0.1) is 3.57 Å². The number of anilines is 1. The van der Waals surface area contributed by atoms with Crippen LogP contribution >= 0.6 is 22.6 Å². The normalized spacial score (nSPS) is 16.1. The van der Waals surface area contributed by atoms with Crippen molar-refractivity contribution in [2.45, 2.75) is 0 Å². The molecule has 0 unspecified atom stereocenters. The number of halogens is 1. The van der Waals surface area contributed by atoms with Gasteiger partial charge in [-0.25, -0.2) is 0 Å². The lowest BCUT2D eigenvalue weighted by atomic mass is 10.3. The van der Waals surface area contributed by atoms with Gasteiger partial charge < -0.3 is 10.1 Å². The second-order valence-electron chi connectivity index (χ2n) is 5.25. The second kappa shape index (κ2) is 8.67. The Bertz CT molecular complexity index is 447. The molecule has 0 atom stereocenters. The first kappa shape index (κ1) is 16.7. The molecule has 116 valence electrons. The number of benzene rings is 1. The van der Waals surface area contributed by atoms with Gasteiger partial charge in [0, 0.05) is 35.4 Å². The van der Waals surface area contributed by atoms with E-state index in [4.69, 9.17) is 4.74 Å². The van der Waals surface area contributed by atoms with Crippen LogP contribution in [-0.2, 0) is 9.53 Å². The molecule has 1 aromatic rings. The van der Waals surface area contributed by atoms with Gasteiger partial charge in [-0.1, -0.05) is 0 Å². The molecule has 0 saturated carbocycles. The highest BCUT2D eigenvalue weighted by Gasteiger charge is 2.12. The molecule has 1 N–H and O–H groups in total. The molecule has 1 fully saturated rings. The third-order valence-corrected chi connectivity index (χ3v) is 4.16. The molecule has 0 spiro atoms. The summed E-state index contributed by atoms with van der Waals surface area (Å²) in [6, 6.07) is 7.82. The number of nitrogens with one attached hydrogen (secondary N) is 1. The Labute approximate surface area is 139 Å². The summed E-state index contributed by atoms with van der Waals surface area (Å²) in [5, 5.41) is 2.92. The smallest absolute Gasteiger partial charge is 0.238 e. The average Bonchev–Trinajstić information content (AvgIpc) is 2.48. The van der Waals surface area contributed by atoms with Crippen molar-refractivity contribution in [1.82, 2.24) is 9.80 Å². The van der Waals surface area contributed by atoms with Gasteiger partial charge in [0.15, 0.2) is 0 Å². The summed E-state index contributed by atoms with van der Waals surface area (Å²) in [7, 11) is 1.98. The number of ether oxygens (including phenoxy) is 1. The van der Waals surface area contributed by atoms with Crippen LogP contribution in [0.2, 0.25) is 0 Å². The first-order valence-electron chi connectivity index (χ1n) is 7.17. The van der Waals surface area contributed by atoms with Crippen molar-refractivity contribution in [2.24, 2.45) is 0 Å². The Morgan fingerprint density at radius 1 is 1.33 bits per heavy atom. The SMILES string of the molecule is CN(CCN1CCOCC1)CC(=O)Nc1ccc(I)cc1. The highest BCUT2D eigenvalue weighted by Crippen LogP contribution is 2.10. The largest absolute Gasteiger partial charge is 0.379 e. The number of nitrogens with zero attached hydrogens (tertiary/aromatic N) is 2. The topological polar surface area (TPSA) is 44.8 Å². The molecule has 5 nitrogen and oxygen atoms in total. The van der Waals surface area contributed by atoms with E-state index in [-0.39, 0.29) is 5.91 Å². The summed E-state index contributed by atoms with van der Waals surface area (Å²) in [4.78, 5) is 16.4. The maximum absolute atomic E-state index is 12.0. The fourth-order valence-electron chi connectivity index (χ4n) is 2.19. The highest BCUT2D eigenvalue weighted by atomic mass is 127. The van der Waals surface area contributed by atoms with Gasteiger partial charge in [-0.05, 0) is 53.9 Å². The Morgan fingerprint density at radius 3 is 2.67 bits per heavy atom. The number of hydrogen-bond acceptors (Lipinski definition) is 4. The van der Waals surface area contributed by atoms with Gasteiger partial charge >= 0.3 is 0 Å². The minimum Gasteiger partial charge on any atom is -0.379 e. The van der Waals surface area contributed by atoms with Crippen LogP contribution in [0.1, 0.15) is 0 Å². The molecule has 1 aliphatic rings. The van der Waals surface area contributed by atoms with E-state index in [2.05, 4.69) is 37.7 Å². The number of morpholine rings is 1. The number of carbonyl (C=O) groups is 1. The molecule has 1 saturated heterocycles. The Hall–Kier alpha value is -0.700. The van der Waals surface area contributed by atoms with Crippen molar-refractivity contribution in [1.29, 1.82) is 0 Å². The van der Waals surface area contributed by atoms with E-state index in [1.54, 1.807) is 0 Å². The van der Waals surface area contributed by atoms with Gasteiger partial charge in [0.2, 0.25) is 5.91 Å². The summed E-state index contributed by atoms with van der Waals surface area (Å²) in [5.41, 5.74) is 0.849. The summed E-state index contributed by atoms with van der Waals surface area (Å²) in [6.07, 6.45) is 0. The van der Waals surface area contributed by atoms with Crippen LogP contribution in [-0.4, -0.2) is 68.7 Å². The van der Waals surface area contributed by atoms with Gasteiger partial charge in [0.25, 0.3) is 0 Å². The predicted molar refractivity (Wildman–Crippen MR) is 92.5 cm³/mol. The van der Waals surface area contributed by atoms with E-state index in [1.165, 1.54) is 0 Å². The highest BCUT2D eigenvalue weighted by molar-refractivity contribution is 14.1. The summed E-state index contributed by atoms with van der Waals surface area (Å²) in [5.74, 6) is 0.0284. The van der Waals surface area contributed by atoms with Crippen LogP contribution in [0.4, 0.5) is 5.69 Å². The molecule has 0 aliphatic carbocycles. The van der Waals surface area contributed by atoms with Gasteiger partial charge in [-0.15, -0.1) is 0 Å². The molecule has 1 amide bonds. The fourth-order valence-corrected chi connectivity index (χ4v) is 2.55. The Kier molecular flexibility index (Phi) is 6.88. The molecule has 21 heavy (non-hydrogen) atoms. The van der Waals surface area contributed by atoms with Crippen LogP contribution in [0.25, 0.3) is 0 Å². The number of carbonyl (C=O) groups excluding carboxylic acids is 1. The van der Waals surface area contributed by atoms with Crippen LogP contribution in [0.15, 0.2) is 24.3 Å². The molecular weight excluding hydrogens is 381 g/mol. The van der Waals surface area contributed by atoms with Crippen molar-refractivity contribution in [2.75, 3.05) is 58.3 Å². The van der Waals surface area contributed by atoms with Gasteiger partial charge in [-0.3, -0.25) is 14.6 Å². The van der Waals surface area contributed by atoms with Crippen molar-refractivity contribution >= 4 is 34.2 Å². The summed E-state index contributed by atoms with van der Waals surface area (Å²) < 4.78 is 6.49. The maximum Gasteiger partial charge on any atom is 0.238 e. The molecule has 1 aromatic carbocycles. The molecule has 0 aromatic heterocycles. The van der Waals surface area contributed by atoms with Gasteiger partial charge in [0.1, 0.15) is 0 Å². The van der Waals surface area contributed by atoms with E-state index < -0.39 is 0 Å². The van der Waals surface area contributed by atoms with Gasteiger partial charge in [-0.2, -0.15) is 0 Å².